The minimum absolute atomic E-state index is 0.0444. The number of piperidine rings is 1. The van der Waals surface area contributed by atoms with Crippen molar-refractivity contribution in [2.24, 2.45) is 5.92 Å². The molecule has 0 aliphatic carbocycles. The maximum atomic E-state index is 5.95. The molecule has 2 aliphatic heterocycles. The highest BCUT2D eigenvalue weighted by Gasteiger charge is 2.31. The fourth-order valence-corrected chi connectivity index (χ4v) is 3.31. The van der Waals surface area contributed by atoms with Gasteiger partial charge < -0.3 is 9.47 Å². The second-order valence-electron chi connectivity index (χ2n) is 5.71. The minimum Gasteiger partial charge on any atom is -0.350 e. The number of rotatable bonds is 3. The summed E-state index contributed by atoms with van der Waals surface area (Å²) in [6.45, 7) is 6.00. The lowest BCUT2D eigenvalue weighted by molar-refractivity contribution is -0.0992. The second kappa shape index (κ2) is 6.44. The third kappa shape index (κ3) is 3.17. The van der Waals surface area contributed by atoms with Gasteiger partial charge in [0.05, 0.1) is 13.2 Å². The molecule has 3 nitrogen and oxygen atoms in total. The Morgan fingerprint density at radius 3 is 2.30 bits per heavy atom. The molecule has 0 N–H and O–H groups in total. The first-order valence-corrected chi connectivity index (χ1v) is 7.84. The van der Waals surface area contributed by atoms with Crippen LogP contribution >= 0.6 is 11.6 Å². The van der Waals surface area contributed by atoms with E-state index >= 15 is 0 Å². The van der Waals surface area contributed by atoms with Gasteiger partial charge >= 0.3 is 0 Å². The molecule has 2 saturated heterocycles. The first-order valence-electron chi connectivity index (χ1n) is 7.47. The van der Waals surface area contributed by atoms with Crippen LogP contribution in [-0.2, 0) is 9.47 Å². The summed E-state index contributed by atoms with van der Waals surface area (Å²) < 4.78 is 11.3. The van der Waals surface area contributed by atoms with Crippen LogP contribution in [0.15, 0.2) is 24.3 Å². The predicted molar refractivity (Wildman–Crippen MR) is 79.9 cm³/mol. The number of hydrogen-bond donors (Lipinski definition) is 0. The molecule has 3 rings (SSSR count). The molecule has 0 aromatic heterocycles. The first-order chi connectivity index (χ1) is 9.74. The molecule has 0 amide bonds. The van der Waals surface area contributed by atoms with E-state index in [4.69, 9.17) is 21.1 Å². The zero-order chi connectivity index (χ0) is 13.9. The van der Waals surface area contributed by atoms with Gasteiger partial charge in [0.2, 0.25) is 0 Å². The summed E-state index contributed by atoms with van der Waals surface area (Å²) in [4.78, 5) is 2.54. The van der Waals surface area contributed by atoms with E-state index in [1.807, 2.05) is 12.1 Å². The van der Waals surface area contributed by atoms with Crippen LogP contribution in [0.1, 0.15) is 31.4 Å². The summed E-state index contributed by atoms with van der Waals surface area (Å²) in [5, 5.41) is 0.801. The molecule has 1 aromatic carbocycles. The molecule has 20 heavy (non-hydrogen) atoms. The van der Waals surface area contributed by atoms with Crippen molar-refractivity contribution in [2.45, 2.75) is 32.1 Å². The highest BCUT2D eigenvalue weighted by molar-refractivity contribution is 6.30. The summed E-state index contributed by atoms with van der Waals surface area (Å²) >= 11 is 5.95. The molecule has 110 valence electrons. The average molecular weight is 296 g/mol. The molecule has 1 atom stereocenters. The van der Waals surface area contributed by atoms with Crippen molar-refractivity contribution in [3.05, 3.63) is 34.9 Å². The maximum Gasteiger partial charge on any atom is 0.160 e. The van der Waals surface area contributed by atoms with Gasteiger partial charge in [-0.3, -0.25) is 4.90 Å². The van der Waals surface area contributed by atoms with Gasteiger partial charge in [0, 0.05) is 17.0 Å². The molecule has 2 fully saturated rings. The number of likely N-dealkylation sites (tertiary alicyclic amines) is 1. The number of nitrogens with zero attached hydrogens (tertiary/aromatic N) is 1. The number of hydrogen-bond acceptors (Lipinski definition) is 3. The van der Waals surface area contributed by atoms with Crippen molar-refractivity contribution in [1.29, 1.82) is 0 Å². The Labute approximate surface area is 125 Å². The standard InChI is InChI=1S/C16H22ClNO2/c1-12(13-2-4-15(17)5-3-13)18-8-6-14(7-9-18)16-19-10-11-20-16/h2-5,12,14,16H,6-11H2,1H3. The molecular formula is C16H22ClNO2. The fraction of sp³-hybridized carbons (Fsp3) is 0.625. The molecule has 1 aromatic rings. The van der Waals surface area contributed by atoms with Gasteiger partial charge in [-0.25, -0.2) is 0 Å². The van der Waals surface area contributed by atoms with Gasteiger partial charge in [-0.2, -0.15) is 0 Å². The van der Waals surface area contributed by atoms with Crippen molar-refractivity contribution < 1.29 is 9.47 Å². The third-order valence-electron chi connectivity index (χ3n) is 4.51. The van der Waals surface area contributed by atoms with Crippen LogP contribution in [0, 0.1) is 5.92 Å². The van der Waals surface area contributed by atoms with Crippen molar-refractivity contribution in [3.8, 4) is 0 Å². The van der Waals surface area contributed by atoms with Crippen molar-refractivity contribution in [1.82, 2.24) is 4.90 Å². The predicted octanol–water partition coefficient (Wildman–Crippen LogP) is 3.49. The Bertz CT molecular complexity index is 423. The van der Waals surface area contributed by atoms with Crippen LogP contribution in [0.25, 0.3) is 0 Å². The van der Waals surface area contributed by atoms with Crippen LogP contribution in [-0.4, -0.2) is 37.5 Å². The Balaban J connectivity index is 1.55. The molecule has 4 heteroatoms. The van der Waals surface area contributed by atoms with Crippen LogP contribution in [0.5, 0.6) is 0 Å². The Morgan fingerprint density at radius 1 is 1.10 bits per heavy atom. The molecule has 1 unspecified atom stereocenters. The molecule has 0 saturated carbocycles. The lowest BCUT2D eigenvalue weighted by Gasteiger charge is -2.37. The quantitative estimate of drug-likeness (QED) is 0.852. The molecule has 0 radical (unpaired) electrons. The van der Waals surface area contributed by atoms with Gasteiger partial charge in [-0.15, -0.1) is 0 Å². The molecule has 0 bridgehead atoms. The lowest BCUT2D eigenvalue weighted by Crippen LogP contribution is -2.39. The zero-order valence-electron chi connectivity index (χ0n) is 11.9. The summed E-state index contributed by atoms with van der Waals surface area (Å²) in [7, 11) is 0. The van der Waals surface area contributed by atoms with Gasteiger partial charge in [0.25, 0.3) is 0 Å². The van der Waals surface area contributed by atoms with E-state index < -0.39 is 0 Å². The van der Waals surface area contributed by atoms with E-state index in [-0.39, 0.29) is 6.29 Å². The minimum atomic E-state index is 0.0444. The average Bonchev–Trinajstić information content (AvgIpc) is 3.02. The Hall–Kier alpha value is -0.610. The molecule has 2 aliphatic rings. The summed E-state index contributed by atoms with van der Waals surface area (Å²) in [6.07, 6.45) is 2.36. The maximum absolute atomic E-state index is 5.95. The van der Waals surface area contributed by atoms with Crippen LogP contribution in [0.2, 0.25) is 5.02 Å². The van der Waals surface area contributed by atoms with E-state index in [1.54, 1.807) is 0 Å². The van der Waals surface area contributed by atoms with Crippen LogP contribution in [0.4, 0.5) is 0 Å². The van der Waals surface area contributed by atoms with Crippen LogP contribution < -0.4 is 0 Å². The van der Waals surface area contributed by atoms with Crippen LogP contribution in [0.3, 0.4) is 0 Å². The molecule has 2 heterocycles. The van der Waals surface area contributed by atoms with E-state index in [1.165, 1.54) is 5.56 Å². The summed E-state index contributed by atoms with van der Waals surface area (Å²) in [5.74, 6) is 0.561. The third-order valence-corrected chi connectivity index (χ3v) is 4.76. The highest BCUT2D eigenvalue weighted by Crippen LogP contribution is 2.30. The topological polar surface area (TPSA) is 21.7 Å². The Morgan fingerprint density at radius 2 is 1.70 bits per heavy atom. The summed E-state index contributed by atoms with van der Waals surface area (Å²) in [6, 6.07) is 8.64. The van der Waals surface area contributed by atoms with Gasteiger partial charge in [0.15, 0.2) is 6.29 Å². The van der Waals surface area contributed by atoms with Crippen molar-refractivity contribution >= 4 is 11.6 Å². The van der Waals surface area contributed by atoms with E-state index in [0.717, 1.165) is 44.2 Å². The fourth-order valence-electron chi connectivity index (χ4n) is 3.18. The summed E-state index contributed by atoms with van der Waals surface area (Å²) in [5.41, 5.74) is 1.33. The Kier molecular flexibility index (Phi) is 4.61. The SMILES string of the molecule is CC(c1ccc(Cl)cc1)N1CCC(C2OCCO2)CC1. The smallest absolute Gasteiger partial charge is 0.160 e. The highest BCUT2D eigenvalue weighted by atomic mass is 35.5. The van der Waals surface area contributed by atoms with E-state index in [0.29, 0.717) is 12.0 Å². The van der Waals surface area contributed by atoms with Gasteiger partial charge in [-0.05, 0) is 50.6 Å². The van der Waals surface area contributed by atoms with Gasteiger partial charge in [0.1, 0.15) is 0 Å². The molecular weight excluding hydrogens is 274 g/mol. The zero-order valence-corrected chi connectivity index (χ0v) is 12.7. The van der Waals surface area contributed by atoms with E-state index in [2.05, 4.69) is 24.0 Å². The first kappa shape index (κ1) is 14.3. The monoisotopic (exact) mass is 295 g/mol. The largest absolute Gasteiger partial charge is 0.350 e. The number of benzene rings is 1. The second-order valence-corrected chi connectivity index (χ2v) is 6.15. The van der Waals surface area contributed by atoms with E-state index in [9.17, 15) is 0 Å². The normalized spacial score (nSPS) is 24.1. The van der Waals surface area contributed by atoms with Crippen molar-refractivity contribution in [3.63, 3.8) is 0 Å². The molecule has 0 spiro atoms. The van der Waals surface area contributed by atoms with Gasteiger partial charge in [-0.1, -0.05) is 23.7 Å². The lowest BCUT2D eigenvalue weighted by atomic mass is 9.94. The van der Waals surface area contributed by atoms with Crippen molar-refractivity contribution in [2.75, 3.05) is 26.3 Å². The number of halogens is 1. The number of ether oxygens (including phenoxy) is 2.